The highest BCUT2D eigenvalue weighted by atomic mass is 16.3. The number of aliphatic hydroxyl groups is 2. The summed E-state index contributed by atoms with van der Waals surface area (Å²) in [6, 6.07) is 5.20. The van der Waals surface area contributed by atoms with E-state index < -0.39 is 6.10 Å². The Hall–Kier alpha value is -1.66. The van der Waals surface area contributed by atoms with Gasteiger partial charge >= 0.3 is 5.69 Å². The standard InChI is InChI=1S/C9H11N3O3/c13-6-7(14)5-12-9(15)11-4-2-1-3-8(11)10-12/h1-4,7,13-14H,5-6H2. The van der Waals surface area contributed by atoms with Gasteiger partial charge in [0.2, 0.25) is 0 Å². The second-order valence-corrected chi connectivity index (χ2v) is 3.23. The van der Waals surface area contributed by atoms with Gasteiger partial charge in [-0.1, -0.05) is 6.07 Å². The largest absolute Gasteiger partial charge is 0.394 e. The van der Waals surface area contributed by atoms with Gasteiger partial charge in [-0.2, -0.15) is 0 Å². The molecule has 2 aromatic heterocycles. The molecule has 0 aliphatic rings. The molecule has 2 N–H and O–H groups in total. The normalized spacial score (nSPS) is 13.2. The summed E-state index contributed by atoms with van der Waals surface area (Å²) in [6.07, 6.45) is 0.638. The molecule has 80 valence electrons. The molecule has 1 atom stereocenters. The van der Waals surface area contributed by atoms with E-state index in [1.807, 2.05) is 0 Å². The van der Waals surface area contributed by atoms with Crippen LogP contribution in [0.15, 0.2) is 29.2 Å². The molecule has 0 saturated carbocycles. The third-order valence-electron chi connectivity index (χ3n) is 2.08. The predicted octanol–water partition coefficient (Wildman–Crippen LogP) is -1.15. The average Bonchev–Trinajstić information content (AvgIpc) is 2.57. The lowest BCUT2D eigenvalue weighted by molar-refractivity contribution is 0.0774. The molecule has 6 heteroatoms. The van der Waals surface area contributed by atoms with Gasteiger partial charge < -0.3 is 10.2 Å². The minimum atomic E-state index is -0.965. The molecular formula is C9H11N3O3. The van der Waals surface area contributed by atoms with E-state index in [1.165, 1.54) is 4.40 Å². The first-order chi connectivity index (χ1) is 7.22. The molecule has 0 amide bonds. The van der Waals surface area contributed by atoms with E-state index in [9.17, 15) is 9.90 Å². The van der Waals surface area contributed by atoms with Crippen molar-refractivity contribution >= 4 is 5.65 Å². The van der Waals surface area contributed by atoms with Crippen LogP contribution in [-0.4, -0.2) is 37.1 Å². The van der Waals surface area contributed by atoms with Gasteiger partial charge in [-0.05, 0) is 12.1 Å². The van der Waals surface area contributed by atoms with Gasteiger partial charge in [-0.25, -0.2) is 9.48 Å². The van der Waals surface area contributed by atoms with Crippen molar-refractivity contribution in [2.75, 3.05) is 6.61 Å². The Morgan fingerprint density at radius 1 is 1.47 bits per heavy atom. The molecule has 0 fully saturated rings. The highest BCUT2D eigenvalue weighted by Gasteiger charge is 2.09. The molecule has 2 aromatic rings. The van der Waals surface area contributed by atoms with E-state index >= 15 is 0 Å². The number of pyridine rings is 1. The van der Waals surface area contributed by atoms with Crippen molar-refractivity contribution in [1.82, 2.24) is 14.2 Å². The van der Waals surface area contributed by atoms with Crippen LogP contribution in [-0.2, 0) is 6.54 Å². The Balaban J connectivity index is 2.45. The maximum Gasteiger partial charge on any atom is 0.350 e. The number of aromatic nitrogens is 3. The van der Waals surface area contributed by atoms with Crippen molar-refractivity contribution in [3.05, 3.63) is 34.9 Å². The van der Waals surface area contributed by atoms with Crippen LogP contribution >= 0.6 is 0 Å². The van der Waals surface area contributed by atoms with Crippen molar-refractivity contribution in [3.8, 4) is 0 Å². The molecule has 0 saturated heterocycles. The number of hydrogen-bond acceptors (Lipinski definition) is 4. The van der Waals surface area contributed by atoms with Crippen molar-refractivity contribution in [2.45, 2.75) is 12.6 Å². The van der Waals surface area contributed by atoms with Gasteiger partial charge in [0.1, 0.15) is 0 Å². The van der Waals surface area contributed by atoms with Gasteiger partial charge in [0, 0.05) is 6.20 Å². The third kappa shape index (κ3) is 1.77. The second kappa shape index (κ2) is 3.84. The molecule has 0 aromatic carbocycles. The molecule has 0 aliphatic carbocycles. The van der Waals surface area contributed by atoms with Crippen molar-refractivity contribution in [1.29, 1.82) is 0 Å². The van der Waals surface area contributed by atoms with Crippen LogP contribution in [0.2, 0.25) is 0 Å². The topological polar surface area (TPSA) is 79.8 Å². The molecule has 1 unspecified atom stereocenters. The Bertz CT molecular complexity index is 517. The van der Waals surface area contributed by atoms with Gasteiger partial charge in [0.25, 0.3) is 0 Å². The Morgan fingerprint density at radius 3 is 2.93 bits per heavy atom. The predicted molar refractivity (Wildman–Crippen MR) is 52.5 cm³/mol. The number of nitrogens with zero attached hydrogens (tertiary/aromatic N) is 3. The summed E-state index contributed by atoms with van der Waals surface area (Å²) in [5.74, 6) is 0. The molecule has 0 aliphatic heterocycles. The van der Waals surface area contributed by atoms with Gasteiger partial charge in [0.05, 0.1) is 19.3 Å². The third-order valence-corrected chi connectivity index (χ3v) is 2.08. The van der Waals surface area contributed by atoms with Crippen molar-refractivity contribution < 1.29 is 10.2 Å². The number of hydrogen-bond donors (Lipinski definition) is 2. The second-order valence-electron chi connectivity index (χ2n) is 3.23. The zero-order valence-corrected chi connectivity index (χ0v) is 7.95. The zero-order chi connectivity index (χ0) is 10.8. The summed E-state index contributed by atoms with van der Waals surface area (Å²) in [7, 11) is 0. The quantitative estimate of drug-likeness (QED) is 0.669. The number of aliphatic hydroxyl groups excluding tert-OH is 2. The van der Waals surface area contributed by atoms with E-state index in [4.69, 9.17) is 5.11 Å². The van der Waals surface area contributed by atoms with Crippen LogP contribution in [0.4, 0.5) is 0 Å². The van der Waals surface area contributed by atoms with Crippen molar-refractivity contribution in [3.63, 3.8) is 0 Å². The molecule has 6 nitrogen and oxygen atoms in total. The summed E-state index contributed by atoms with van der Waals surface area (Å²) in [6.45, 7) is -0.392. The fourth-order valence-electron chi connectivity index (χ4n) is 1.34. The van der Waals surface area contributed by atoms with Crippen LogP contribution in [0.1, 0.15) is 0 Å². The molecule has 0 spiro atoms. The van der Waals surface area contributed by atoms with Gasteiger partial charge in [0.15, 0.2) is 5.65 Å². The van der Waals surface area contributed by atoms with Crippen LogP contribution in [0, 0.1) is 0 Å². The van der Waals surface area contributed by atoms with Gasteiger partial charge in [-0.3, -0.25) is 4.40 Å². The van der Waals surface area contributed by atoms with Crippen LogP contribution in [0.5, 0.6) is 0 Å². The summed E-state index contributed by atoms with van der Waals surface area (Å²) < 4.78 is 2.51. The molecule has 0 bridgehead atoms. The maximum atomic E-state index is 11.7. The van der Waals surface area contributed by atoms with Crippen LogP contribution in [0.3, 0.4) is 0 Å². The summed E-state index contributed by atoms with van der Waals surface area (Å²) in [5.41, 5.74) is 0.200. The van der Waals surface area contributed by atoms with E-state index in [0.29, 0.717) is 5.65 Å². The fraction of sp³-hybridized carbons (Fsp3) is 0.333. The minimum Gasteiger partial charge on any atom is -0.394 e. The van der Waals surface area contributed by atoms with Gasteiger partial charge in [-0.15, -0.1) is 5.10 Å². The minimum absolute atomic E-state index is 0.00296. The fourth-order valence-corrected chi connectivity index (χ4v) is 1.34. The summed E-state index contributed by atoms with van der Waals surface area (Å²) >= 11 is 0. The summed E-state index contributed by atoms with van der Waals surface area (Å²) in [5, 5.41) is 21.9. The van der Waals surface area contributed by atoms with E-state index in [1.54, 1.807) is 24.4 Å². The highest BCUT2D eigenvalue weighted by Crippen LogP contribution is 1.95. The molecular weight excluding hydrogens is 198 g/mol. The monoisotopic (exact) mass is 209 g/mol. The zero-order valence-electron chi connectivity index (χ0n) is 7.95. The number of fused-ring (bicyclic) bond motifs is 1. The SMILES string of the molecule is O=c1n(CC(O)CO)nc2ccccn12. The Labute approximate surface area is 85.0 Å². The molecule has 0 radical (unpaired) electrons. The molecule has 2 rings (SSSR count). The van der Waals surface area contributed by atoms with E-state index in [2.05, 4.69) is 5.10 Å². The van der Waals surface area contributed by atoms with E-state index in [0.717, 1.165) is 4.68 Å². The molecule has 2 heterocycles. The first kappa shape index (κ1) is 9.88. The lowest BCUT2D eigenvalue weighted by Crippen LogP contribution is -2.29. The summed E-state index contributed by atoms with van der Waals surface area (Å²) in [4.78, 5) is 11.7. The smallest absolute Gasteiger partial charge is 0.350 e. The van der Waals surface area contributed by atoms with Crippen LogP contribution in [0.25, 0.3) is 5.65 Å². The average molecular weight is 209 g/mol. The Kier molecular flexibility index (Phi) is 2.53. The first-order valence-corrected chi connectivity index (χ1v) is 4.55. The van der Waals surface area contributed by atoms with Crippen molar-refractivity contribution in [2.24, 2.45) is 0 Å². The van der Waals surface area contributed by atoms with E-state index in [-0.39, 0.29) is 18.8 Å². The lowest BCUT2D eigenvalue weighted by Gasteiger charge is -2.04. The first-order valence-electron chi connectivity index (χ1n) is 4.55. The maximum absolute atomic E-state index is 11.7. The number of rotatable bonds is 3. The molecule has 15 heavy (non-hydrogen) atoms. The van der Waals surface area contributed by atoms with Crippen LogP contribution < -0.4 is 5.69 Å². The lowest BCUT2D eigenvalue weighted by atomic mass is 10.4. The highest BCUT2D eigenvalue weighted by molar-refractivity contribution is 5.35. The Morgan fingerprint density at radius 2 is 2.27 bits per heavy atom.